The van der Waals surface area contributed by atoms with Crippen LogP contribution in [0.5, 0.6) is 0 Å². The number of ether oxygens (including phenoxy) is 1. The average Bonchev–Trinajstić information content (AvgIpc) is 2.69. The first kappa shape index (κ1) is 27.1. The molecule has 0 aliphatic carbocycles. The summed E-state index contributed by atoms with van der Waals surface area (Å²) in [6.07, 6.45) is 1.10. The number of primary sulfonamides is 1. The molecule has 4 N–H and O–H groups in total. The van der Waals surface area contributed by atoms with Gasteiger partial charge in [-0.2, -0.15) is 0 Å². The van der Waals surface area contributed by atoms with Gasteiger partial charge in [0, 0.05) is 32.2 Å². The third-order valence-corrected chi connectivity index (χ3v) is 5.71. The molecule has 1 heterocycles. The average molecular weight is 554 g/mol. The Labute approximate surface area is 198 Å². The minimum Gasteiger partial charge on any atom is -0.379 e. The minimum atomic E-state index is -3.72. The third kappa shape index (κ3) is 9.46. The van der Waals surface area contributed by atoms with Gasteiger partial charge in [-0.25, -0.2) is 18.5 Å². The van der Waals surface area contributed by atoms with Crippen molar-refractivity contribution in [3.8, 4) is 0 Å². The highest BCUT2D eigenvalue weighted by Crippen LogP contribution is 2.13. The second-order valence-corrected chi connectivity index (χ2v) is 9.26. The molecule has 30 heavy (non-hydrogen) atoms. The van der Waals surface area contributed by atoms with Crippen LogP contribution in [0.4, 0.5) is 0 Å². The van der Waals surface area contributed by atoms with E-state index in [0.29, 0.717) is 18.5 Å². The molecule has 1 aliphatic rings. The number of nitrogens with two attached hydrogens (primary N) is 1. The zero-order valence-electron chi connectivity index (χ0n) is 18.1. The molecule has 1 aromatic carbocycles. The van der Waals surface area contributed by atoms with Gasteiger partial charge < -0.3 is 15.4 Å². The molecule has 1 saturated heterocycles. The molecule has 1 aromatic rings. The number of halogens is 1. The number of morpholine rings is 1. The molecule has 172 valence electrons. The number of hydrogen-bond acceptors (Lipinski definition) is 5. The number of benzene rings is 1. The Morgan fingerprint density at radius 3 is 2.57 bits per heavy atom. The Balaban J connectivity index is 0.00000450. The fourth-order valence-corrected chi connectivity index (χ4v) is 3.98. The fourth-order valence-electron chi connectivity index (χ4n) is 3.40. The Hall–Kier alpha value is -0.950. The van der Waals surface area contributed by atoms with E-state index in [0.717, 1.165) is 57.3 Å². The van der Waals surface area contributed by atoms with Gasteiger partial charge >= 0.3 is 0 Å². The lowest BCUT2D eigenvalue weighted by Gasteiger charge is -2.35. The molecule has 0 amide bonds. The maximum atomic E-state index is 11.5. The highest BCUT2D eigenvalue weighted by molar-refractivity contribution is 14.0. The van der Waals surface area contributed by atoms with E-state index in [-0.39, 0.29) is 28.9 Å². The SMILES string of the molecule is CCNC(=NCc1cccc(S(N)(=O)=O)c1)NCC(CC(C)C)N1CCOCC1.I. The van der Waals surface area contributed by atoms with Crippen LogP contribution in [-0.2, 0) is 21.3 Å². The number of nitrogens with zero attached hydrogens (tertiary/aromatic N) is 2. The number of nitrogens with one attached hydrogen (secondary N) is 2. The van der Waals surface area contributed by atoms with Crippen LogP contribution in [0.1, 0.15) is 32.8 Å². The quantitative estimate of drug-likeness (QED) is 0.244. The highest BCUT2D eigenvalue weighted by atomic mass is 127. The van der Waals surface area contributed by atoms with Gasteiger partial charge in [-0.05, 0) is 37.0 Å². The normalized spacial score (nSPS) is 16.8. The van der Waals surface area contributed by atoms with Crippen molar-refractivity contribution in [2.45, 2.75) is 44.7 Å². The first-order valence-electron chi connectivity index (χ1n) is 10.2. The van der Waals surface area contributed by atoms with E-state index in [1.165, 1.54) is 6.07 Å². The van der Waals surface area contributed by atoms with Crippen molar-refractivity contribution in [2.24, 2.45) is 16.0 Å². The maximum Gasteiger partial charge on any atom is 0.238 e. The number of aliphatic imine (C=N–C) groups is 1. The van der Waals surface area contributed by atoms with Gasteiger partial charge in [0.05, 0.1) is 24.7 Å². The summed E-state index contributed by atoms with van der Waals surface area (Å²) < 4.78 is 28.6. The zero-order valence-corrected chi connectivity index (χ0v) is 21.3. The van der Waals surface area contributed by atoms with Crippen molar-refractivity contribution in [3.63, 3.8) is 0 Å². The highest BCUT2D eigenvalue weighted by Gasteiger charge is 2.22. The van der Waals surface area contributed by atoms with Gasteiger partial charge in [0.15, 0.2) is 5.96 Å². The molecule has 0 radical (unpaired) electrons. The number of hydrogen-bond donors (Lipinski definition) is 3. The maximum absolute atomic E-state index is 11.5. The van der Waals surface area contributed by atoms with Gasteiger partial charge in [-0.3, -0.25) is 4.90 Å². The van der Waals surface area contributed by atoms with Crippen LogP contribution in [0.15, 0.2) is 34.2 Å². The van der Waals surface area contributed by atoms with Crippen molar-refractivity contribution < 1.29 is 13.2 Å². The molecular weight excluding hydrogens is 517 g/mol. The van der Waals surface area contributed by atoms with E-state index in [2.05, 4.69) is 34.4 Å². The van der Waals surface area contributed by atoms with Crippen LogP contribution < -0.4 is 15.8 Å². The Morgan fingerprint density at radius 2 is 1.97 bits per heavy atom. The summed E-state index contributed by atoms with van der Waals surface area (Å²) >= 11 is 0. The van der Waals surface area contributed by atoms with Gasteiger partial charge in [-0.1, -0.05) is 26.0 Å². The molecule has 0 spiro atoms. The molecule has 1 unspecified atom stereocenters. The lowest BCUT2D eigenvalue weighted by Crippen LogP contribution is -2.51. The Bertz CT molecular complexity index is 767. The second kappa shape index (κ2) is 13.5. The first-order valence-corrected chi connectivity index (χ1v) is 11.8. The van der Waals surface area contributed by atoms with Crippen LogP contribution in [0.25, 0.3) is 0 Å². The molecule has 10 heteroatoms. The number of sulfonamides is 1. The Kier molecular flexibility index (Phi) is 12.2. The van der Waals surface area contributed by atoms with Crippen LogP contribution >= 0.6 is 24.0 Å². The monoisotopic (exact) mass is 553 g/mol. The summed E-state index contributed by atoms with van der Waals surface area (Å²) in [5, 5.41) is 11.9. The van der Waals surface area contributed by atoms with E-state index in [4.69, 9.17) is 9.88 Å². The van der Waals surface area contributed by atoms with Crippen molar-refractivity contribution in [3.05, 3.63) is 29.8 Å². The lowest BCUT2D eigenvalue weighted by molar-refractivity contribution is 0.0132. The summed E-state index contributed by atoms with van der Waals surface area (Å²) in [4.78, 5) is 7.20. The van der Waals surface area contributed by atoms with Crippen LogP contribution in [0.3, 0.4) is 0 Å². The van der Waals surface area contributed by atoms with Gasteiger partial charge in [0.2, 0.25) is 10.0 Å². The topological polar surface area (TPSA) is 109 Å². The second-order valence-electron chi connectivity index (χ2n) is 7.70. The molecular formula is C20H36IN5O3S. The molecule has 1 aliphatic heterocycles. The summed E-state index contributed by atoms with van der Waals surface area (Å²) in [5.74, 6) is 1.32. The van der Waals surface area contributed by atoms with E-state index in [1.807, 2.05) is 13.0 Å². The Morgan fingerprint density at radius 1 is 1.27 bits per heavy atom. The van der Waals surface area contributed by atoms with Crippen molar-refractivity contribution in [1.82, 2.24) is 15.5 Å². The van der Waals surface area contributed by atoms with Gasteiger partial charge in [0.25, 0.3) is 0 Å². The zero-order chi connectivity index (χ0) is 21.3. The number of rotatable bonds is 9. The molecule has 8 nitrogen and oxygen atoms in total. The molecule has 0 bridgehead atoms. The van der Waals surface area contributed by atoms with E-state index in [9.17, 15) is 8.42 Å². The molecule has 0 aromatic heterocycles. The third-order valence-electron chi connectivity index (χ3n) is 4.80. The predicted molar refractivity (Wildman–Crippen MR) is 132 cm³/mol. The van der Waals surface area contributed by atoms with Crippen LogP contribution in [0, 0.1) is 5.92 Å². The first-order chi connectivity index (χ1) is 13.8. The summed E-state index contributed by atoms with van der Waals surface area (Å²) in [7, 11) is -3.72. The van der Waals surface area contributed by atoms with E-state index in [1.54, 1.807) is 12.1 Å². The largest absolute Gasteiger partial charge is 0.379 e. The van der Waals surface area contributed by atoms with Gasteiger partial charge in [0.1, 0.15) is 0 Å². The van der Waals surface area contributed by atoms with Crippen LogP contribution in [-0.4, -0.2) is 64.7 Å². The van der Waals surface area contributed by atoms with E-state index >= 15 is 0 Å². The predicted octanol–water partition coefficient (Wildman–Crippen LogP) is 1.75. The fraction of sp³-hybridized carbons (Fsp3) is 0.650. The molecule has 1 atom stereocenters. The molecule has 0 saturated carbocycles. The van der Waals surface area contributed by atoms with Crippen molar-refractivity contribution in [1.29, 1.82) is 0 Å². The van der Waals surface area contributed by atoms with E-state index < -0.39 is 10.0 Å². The lowest BCUT2D eigenvalue weighted by atomic mass is 10.0. The molecule has 1 fully saturated rings. The van der Waals surface area contributed by atoms with Crippen molar-refractivity contribution in [2.75, 3.05) is 39.4 Å². The number of guanidine groups is 1. The van der Waals surface area contributed by atoms with Crippen molar-refractivity contribution >= 4 is 40.0 Å². The van der Waals surface area contributed by atoms with Crippen LogP contribution in [0.2, 0.25) is 0 Å². The minimum absolute atomic E-state index is 0. The standard InChI is InChI=1S/C20H35N5O3S.HI/c1-4-22-20(23-14-17-6-5-7-19(13-17)29(21,26)27)24-15-18(12-16(2)3)25-8-10-28-11-9-25;/h5-7,13,16,18H,4,8-12,14-15H2,1-3H3,(H2,21,26,27)(H2,22,23,24);1H. The summed E-state index contributed by atoms with van der Waals surface area (Å²) in [5.41, 5.74) is 0.792. The summed E-state index contributed by atoms with van der Waals surface area (Å²) in [6, 6.07) is 7.00. The smallest absolute Gasteiger partial charge is 0.238 e. The molecule has 2 rings (SSSR count). The van der Waals surface area contributed by atoms with Gasteiger partial charge in [-0.15, -0.1) is 24.0 Å². The summed E-state index contributed by atoms with van der Waals surface area (Å²) in [6.45, 7) is 11.9.